The van der Waals surface area contributed by atoms with E-state index in [1.807, 2.05) is 0 Å². The molecule has 7 heteroatoms. The lowest BCUT2D eigenvalue weighted by atomic mass is 10.3. The van der Waals surface area contributed by atoms with Gasteiger partial charge in [-0.25, -0.2) is 4.79 Å². The Morgan fingerprint density at radius 1 is 1.59 bits per heavy atom. The summed E-state index contributed by atoms with van der Waals surface area (Å²) in [6.45, 7) is 0.663. The van der Waals surface area contributed by atoms with E-state index in [-0.39, 0.29) is 19.0 Å². The van der Waals surface area contributed by atoms with Crippen LogP contribution >= 0.6 is 0 Å². The largest absolute Gasteiger partial charge is 0.481 e. The third kappa shape index (κ3) is 5.01. The van der Waals surface area contributed by atoms with Gasteiger partial charge in [-0.2, -0.15) is 0 Å². The van der Waals surface area contributed by atoms with Gasteiger partial charge in [-0.3, -0.25) is 4.79 Å². The minimum Gasteiger partial charge on any atom is -0.481 e. The summed E-state index contributed by atoms with van der Waals surface area (Å²) in [4.78, 5) is 23.2. The fourth-order valence-electron chi connectivity index (χ4n) is 1.20. The second kappa shape index (κ2) is 6.51. The van der Waals surface area contributed by atoms with Crippen molar-refractivity contribution in [2.75, 3.05) is 13.6 Å². The molecule has 0 fully saturated rings. The lowest BCUT2D eigenvalue weighted by Crippen LogP contribution is -2.37. The SMILES string of the molecule is CN(CCCC(=O)O)C(=O)NCc1ccno1. The average Bonchev–Trinajstić information content (AvgIpc) is 2.78. The van der Waals surface area contributed by atoms with Gasteiger partial charge < -0.3 is 19.8 Å². The number of carbonyl (C=O) groups excluding carboxylic acids is 1. The number of urea groups is 1. The fraction of sp³-hybridized carbons (Fsp3) is 0.500. The summed E-state index contributed by atoms with van der Waals surface area (Å²) < 4.78 is 4.82. The molecule has 1 aromatic heterocycles. The van der Waals surface area contributed by atoms with Crippen LogP contribution < -0.4 is 5.32 Å². The number of hydrogen-bond acceptors (Lipinski definition) is 4. The first-order valence-corrected chi connectivity index (χ1v) is 5.20. The molecule has 0 unspecified atom stereocenters. The fourth-order valence-corrected chi connectivity index (χ4v) is 1.20. The molecule has 0 aliphatic heterocycles. The maximum Gasteiger partial charge on any atom is 0.317 e. The van der Waals surface area contributed by atoms with E-state index in [0.29, 0.717) is 18.7 Å². The average molecular weight is 241 g/mol. The first kappa shape index (κ1) is 13.0. The molecule has 0 aromatic carbocycles. The van der Waals surface area contributed by atoms with Crippen LogP contribution in [-0.2, 0) is 11.3 Å². The topological polar surface area (TPSA) is 95.7 Å². The predicted molar refractivity (Wildman–Crippen MR) is 58.2 cm³/mol. The highest BCUT2D eigenvalue weighted by atomic mass is 16.5. The lowest BCUT2D eigenvalue weighted by Gasteiger charge is -2.16. The highest BCUT2D eigenvalue weighted by Crippen LogP contribution is 1.97. The molecule has 0 saturated carbocycles. The normalized spacial score (nSPS) is 9.94. The van der Waals surface area contributed by atoms with E-state index in [0.717, 1.165) is 0 Å². The smallest absolute Gasteiger partial charge is 0.317 e. The van der Waals surface area contributed by atoms with E-state index in [1.165, 1.54) is 11.1 Å². The molecule has 0 aliphatic carbocycles. The van der Waals surface area contributed by atoms with Gasteiger partial charge in [0.05, 0.1) is 12.7 Å². The van der Waals surface area contributed by atoms with Crippen LogP contribution in [0.3, 0.4) is 0 Å². The predicted octanol–water partition coefficient (Wildman–Crippen LogP) is 0.681. The zero-order chi connectivity index (χ0) is 12.7. The molecule has 0 radical (unpaired) electrons. The lowest BCUT2D eigenvalue weighted by molar-refractivity contribution is -0.137. The monoisotopic (exact) mass is 241 g/mol. The van der Waals surface area contributed by atoms with Crippen molar-refractivity contribution in [2.24, 2.45) is 0 Å². The van der Waals surface area contributed by atoms with Crippen molar-refractivity contribution in [3.05, 3.63) is 18.0 Å². The Labute approximate surface area is 98.4 Å². The van der Waals surface area contributed by atoms with Crippen molar-refractivity contribution in [1.29, 1.82) is 0 Å². The number of carboxylic acids is 1. The third-order valence-corrected chi connectivity index (χ3v) is 2.14. The number of aliphatic carboxylic acids is 1. The molecule has 7 nitrogen and oxygen atoms in total. The van der Waals surface area contributed by atoms with Crippen LogP contribution in [0, 0.1) is 0 Å². The summed E-state index contributed by atoms with van der Waals surface area (Å²) in [7, 11) is 1.61. The molecular weight excluding hydrogens is 226 g/mol. The minimum atomic E-state index is -0.861. The Kier molecular flexibility index (Phi) is 4.99. The summed E-state index contributed by atoms with van der Waals surface area (Å²) in [5.41, 5.74) is 0. The van der Waals surface area contributed by atoms with Gasteiger partial charge in [-0.05, 0) is 6.42 Å². The molecule has 0 aliphatic rings. The molecular formula is C10H15N3O4. The molecule has 17 heavy (non-hydrogen) atoms. The number of rotatable bonds is 6. The van der Waals surface area contributed by atoms with Gasteiger partial charge in [-0.15, -0.1) is 0 Å². The molecule has 0 saturated heterocycles. The Bertz CT molecular complexity index is 364. The summed E-state index contributed by atoms with van der Waals surface area (Å²) in [6.07, 6.45) is 1.99. The van der Waals surface area contributed by atoms with Gasteiger partial charge in [-0.1, -0.05) is 5.16 Å². The second-order valence-corrected chi connectivity index (χ2v) is 3.56. The quantitative estimate of drug-likeness (QED) is 0.763. The van der Waals surface area contributed by atoms with Gasteiger partial charge in [0.2, 0.25) is 0 Å². The number of amides is 2. The van der Waals surface area contributed by atoms with Crippen LogP contribution in [0.2, 0.25) is 0 Å². The van der Waals surface area contributed by atoms with E-state index in [9.17, 15) is 9.59 Å². The summed E-state index contributed by atoms with van der Waals surface area (Å²) >= 11 is 0. The number of carboxylic acid groups (broad SMARTS) is 1. The summed E-state index contributed by atoms with van der Waals surface area (Å²) in [5.74, 6) is -0.294. The van der Waals surface area contributed by atoms with Crippen molar-refractivity contribution >= 4 is 12.0 Å². The first-order chi connectivity index (χ1) is 8.09. The molecule has 0 atom stereocenters. The summed E-state index contributed by atoms with van der Waals surface area (Å²) in [6, 6.07) is 1.39. The van der Waals surface area contributed by atoms with Crippen molar-refractivity contribution < 1.29 is 19.2 Å². The summed E-state index contributed by atoms with van der Waals surface area (Å²) in [5, 5.41) is 14.6. The number of carbonyl (C=O) groups is 2. The van der Waals surface area contributed by atoms with Crippen LogP contribution in [0.15, 0.2) is 16.8 Å². The van der Waals surface area contributed by atoms with Gasteiger partial charge in [0.1, 0.15) is 0 Å². The Hall–Kier alpha value is -2.05. The molecule has 1 rings (SSSR count). The zero-order valence-electron chi connectivity index (χ0n) is 9.55. The van der Waals surface area contributed by atoms with Crippen LogP contribution in [0.4, 0.5) is 4.79 Å². The molecule has 0 spiro atoms. The van der Waals surface area contributed by atoms with Crippen molar-refractivity contribution in [1.82, 2.24) is 15.4 Å². The van der Waals surface area contributed by atoms with E-state index >= 15 is 0 Å². The number of aromatic nitrogens is 1. The number of nitrogens with one attached hydrogen (secondary N) is 1. The highest BCUT2D eigenvalue weighted by molar-refractivity contribution is 5.73. The van der Waals surface area contributed by atoms with Crippen LogP contribution in [0.1, 0.15) is 18.6 Å². The van der Waals surface area contributed by atoms with E-state index in [2.05, 4.69) is 10.5 Å². The molecule has 1 aromatic rings. The van der Waals surface area contributed by atoms with Crippen LogP contribution in [0.5, 0.6) is 0 Å². The Morgan fingerprint density at radius 3 is 2.94 bits per heavy atom. The minimum absolute atomic E-state index is 0.0553. The Balaban J connectivity index is 2.20. The van der Waals surface area contributed by atoms with Crippen molar-refractivity contribution in [3.8, 4) is 0 Å². The maximum absolute atomic E-state index is 11.5. The van der Waals surface area contributed by atoms with E-state index < -0.39 is 5.97 Å². The van der Waals surface area contributed by atoms with Gasteiger partial charge in [0.15, 0.2) is 5.76 Å². The first-order valence-electron chi connectivity index (χ1n) is 5.20. The maximum atomic E-state index is 11.5. The third-order valence-electron chi connectivity index (χ3n) is 2.14. The molecule has 2 amide bonds. The van der Waals surface area contributed by atoms with E-state index in [1.54, 1.807) is 13.1 Å². The van der Waals surface area contributed by atoms with Crippen LogP contribution in [-0.4, -0.2) is 40.8 Å². The van der Waals surface area contributed by atoms with Crippen LogP contribution in [0.25, 0.3) is 0 Å². The second-order valence-electron chi connectivity index (χ2n) is 3.56. The standard InChI is InChI=1S/C10H15N3O4/c1-13(6-2-3-9(14)15)10(16)11-7-8-4-5-12-17-8/h4-5H,2-3,6-7H2,1H3,(H,11,16)(H,14,15). The highest BCUT2D eigenvalue weighted by Gasteiger charge is 2.09. The number of hydrogen-bond donors (Lipinski definition) is 2. The van der Waals surface area contributed by atoms with Gasteiger partial charge in [0, 0.05) is 26.1 Å². The zero-order valence-corrected chi connectivity index (χ0v) is 9.55. The van der Waals surface area contributed by atoms with Crippen molar-refractivity contribution in [2.45, 2.75) is 19.4 Å². The van der Waals surface area contributed by atoms with E-state index in [4.69, 9.17) is 9.63 Å². The van der Waals surface area contributed by atoms with Gasteiger partial charge in [0.25, 0.3) is 0 Å². The Morgan fingerprint density at radius 2 is 2.35 bits per heavy atom. The van der Waals surface area contributed by atoms with Crippen molar-refractivity contribution in [3.63, 3.8) is 0 Å². The molecule has 0 bridgehead atoms. The molecule has 1 heterocycles. The van der Waals surface area contributed by atoms with Gasteiger partial charge >= 0.3 is 12.0 Å². The number of nitrogens with zero attached hydrogens (tertiary/aromatic N) is 2. The molecule has 2 N–H and O–H groups in total. The molecule has 94 valence electrons.